The standard InChI is InChI=1S/C12H26N2O/c1-10(8-13)9-14-11(15)6-5-7-12(2,3)4/h10H,5-9,13H2,1-4H3,(H,14,15). The molecule has 0 aliphatic carbocycles. The van der Waals surface area contributed by atoms with Gasteiger partial charge in [-0.05, 0) is 30.7 Å². The Morgan fingerprint density at radius 2 is 2.00 bits per heavy atom. The van der Waals surface area contributed by atoms with Crippen molar-refractivity contribution in [1.29, 1.82) is 0 Å². The molecule has 3 heteroatoms. The highest BCUT2D eigenvalue weighted by atomic mass is 16.1. The molecule has 0 rings (SSSR count). The van der Waals surface area contributed by atoms with Gasteiger partial charge in [-0.25, -0.2) is 0 Å². The molecule has 0 heterocycles. The molecule has 0 spiro atoms. The topological polar surface area (TPSA) is 55.1 Å². The van der Waals surface area contributed by atoms with Crippen LogP contribution in [-0.4, -0.2) is 19.0 Å². The van der Waals surface area contributed by atoms with Gasteiger partial charge in [0.1, 0.15) is 0 Å². The van der Waals surface area contributed by atoms with Crippen molar-refractivity contribution < 1.29 is 4.79 Å². The number of carbonyl (C=O) groups is 1. The van der Waals surface area contributed by atoms with Gasteiger partial charge in [0.25, 0.3) is 0 Å². The number of nitrogens with two attached hydrogens (primary N) is 1. The molecule has 15 heavy (non-hydrogen) atoms. The van der Waals surface area contributed by atoms with Crippen molar-refractivity contribution >= 4 is 5.91 Å². The third-order valence-electron chi connectivity index (χ3n) is 2.38. The molecule has 0 aromatic carbocycles. The van der Waals surface area contributed by atoms with Gasteiger partial charge >= 0.3 is 0 Å². The van der Waals surface area contributed by atoms with E-state index in [0.29, 0.717) is 30.8 Å². The zero-order chi connectivity index (χ0) is 11.9. The minimum atomic E-state index is 0.152. The molecule has 0 aliphatic heterocycles. The second-order valence-electron chi connectivity index (χ2n) is 5.56. The quantitative estimate of drug-likeness (QED) is 0.709. The highest BCUT2D eigenvalue weighted by Gasteiger charge is 2.11. The summed E-state index contributed by atoms with van der Waals surface area (Å²) in [7, 11) is 0. The van der Waals surface area contributed by atoms with Crippen LogP contribution in [0.5, 0.6) is 0 Å². The van der Waals surface area contributed by atoms with Gasteiger partial charge in [0.2, 0.25) is 5.91 Å². The maximum Gasteiger partial charge on any atom is 0.220 e. The summed E-state index contributed by atoms with van der Waals surface area (Å²) in [4.78, 5) is 11.4. The molecule has 1 atom stereocenters. The largest absolute Gasteiger partial charge is 0.356 e. The average molecular weight is 214 g/mol. The first-order valence-corrected chi connectivity index (χ1v) is 5.82. The van der Waals surface area contributed by atoms with E-state index >= 15 is 0 Å². The van der Waals surface area contributed by atoms with Crippen molar-refractivity contribution in [2.75, 3.05) is 13.1 Å². The molecular weight excluding hydrogens is 188 g/mol. The van der Waals surface area contributed by atoms with Crippen LogP contribution in [0.15, 0.2) is 0 Å². The smallest absolute Gasteiger partial charge is 0.220 e. The van der Waals surface area contributed by atoms with Crippen LogP contribution in [-0.2, 0) is 4.79 Å². The van der Waals surface area contributed by atoms with Gasteiger partial charge < -0.3 is 11.1 Å². The Kier molecular flexibility index (Phi) is 6.57. The van der Waals surface area contributed by atoms with Gasteiger partial charge in [-0.3, -0.25) is 4.79 Å². The molecule has 0 bridgehead atoms. The molecule has 3 N–H and O–H groups in total. The normalized spacial score (nSPS) is 13.7. The van der Waals surface area contributed by atoms with Gasteiger partial charge in [0, 0.05) is 13.0 Å². The van der Waals surface area contributed by atoms with Crippen LogP contribution >= 0.6 is 0 Å². The summed E-state index contributed by atoms with van der Waals surface area (Å²) in [5.41, 5.74) is 5.79. The average Bonchev–Trinajstić information content (AvgIpc) is 2.12. The van der Waals surface area contributed by atoms with E-state index in [9.17, 15) is 4.79 Å². The molecule has 90 valence electrons. The van der Waals surface area contributed by atoms with E-state index in [4.69, 9.17) is 5.73 Å². The molecule has 3 nitrogen and oxygen atoms in total. The second-order valence-corrected chi connectivity index (χ2v) is 5.56. The van der Waals surface area contributed by atoms with Gasteiger partial charge in [-0.2, -0.15) is 0 Å². The summed E-state index contributed by atoms with van der Waals surface area (Å²) in [5.74, 6) is 0.524. The van der Waals surface area contributed by atoms with Crippen molar-refractivity contribution in [2.45, 2.75) is 47.0 Å². The summed E-state index contributed by atoms with van der Waals surface area (Å²) in [5, 5.41) is 2.90. The van der Waals surface area contributed by atoms with E-state index in [1.54, 1.807) is 0 Å². The van der Waals surface area contributed by atoms with Gasteiger partial charge in [0.05, 0.1) is 0 Å². The molecule has 1 amide bonds. The summed E-state index contributed by atoms with van der Waals surface area (Å²) in [6.07, 6.45) is 2.69. The van der Waals surface area contributed by atoms with E-state index in [1.165, 1.54) is 0 Å². The minimum absolute atomic E-state index is 0.152. The molecule has 0 saturated heterocycles. The van der Waals surface area contributed by atoms with Crippen LogP contribution in [0.2, 0.25) is 0 Å². The lowest BCUT2D eigenvalue weighted by Gasteiger charge is -2.17. The predicted octanol–water partition coefficient (Wildman–Crippen LogP) is 1.91. The van der Waals surface area contributed by atoms with E-state index < -0.39 is 0 Å². The number of carbonyl (C=O) groups excluding carboxylic acids is 1. The number of hydrogen-bond donors (Lipinski definition) is 2. The van der Waals surface area contributed by atoms with Crippen LogP contribution in [0.3, 0.4) is 0 Å². The summed E-state index contributed by atoms with van der Waals surface area (Å²) >= 11 is 0. The Morgan fingerprint density at radius 1 is 1.40 bits per heavy atom. The Morgan fingerprint density at radius 3 is 2.47 bits per heavy atom. The van der Waals surface area contributed by atoms with Crippen LogP contribution in [0, 0.1) is 11.3 Å². The lowest BCUT2D eigenvalue weighted by Crippen LogP contribution is -2.31. The summed E-state index contributed by atoms with van der Waals surface area (Å²) < 4.78 is 0. The van der Waals surface area contributed by atoms with Crippen LogP contribution in [0.25, 0.3) is 0 Å². The second kappa shape index (κ2) is 6.83. The van der Waals surface area contributed by atoms with E-state index in [0.717, 1.165) is 12.8 Å². The molecular formula is C12H26N2O. The van der Waals surface area contributed by atoms with Crippen molar-refractivity contribution in [2.24, 2.45) is 17.1 Å². The summed E-state index contributed by atoms with van der Waals surface area (Å²) in [6.45, 7) is 9.95. The molecule has 0 aliphatic rings. The first-order chi connectivity index (χ1) is 6.85. The van der Waals surface area contributed by atoms with Gasteiger partial charge in [-0.1, -0.05) is 27.7 Å². The lowest BCUT2D eigenvalue weighted by atomic mass is 9.90. The fraction of sp³-hybridized carbons (Fsp3) is 0.917. The Hall–Kier alpha value is -0.570. The molecule has 0 fully saturated rings. The zero-order valence-electron chi connectivity index (χ0n) is 10.6. The minimum Gasteiger partial charge on any atom is -0.356 e. The first kappa shape index (κ1) is 14.4. The Balaban J connectivity index is 3.50. The SMILES string of the molecule is CC(CN)CNC(=O)CCCC(C)(C)C. The third-order valence-corrected chi connectivity index (χ3v) is 2.38. The Bertz CT molecular complexity index is 185. The molecule has 1 unspecified atom stereocenters. The third kappa shape index (κ3) is 9.73. The van der Waals surface area contributed by atoms with Gasteiger partial charge in [-0.15, -0.1) is 0 Å². The molecule has 0 radical (unpaired) electrons. The number of rotatable bonds is 6. The molecule has 0 saturated carbocycles. The monoisotopic (exact) mass is 214 g/mol. The number of amides is 1. The number of nitrogens with one attached hydrogen (secondary N) is 1. The highest BCUT2D eigenvalue weighted by molar-refractivity contribution is 5.75. The fourth-order valence-electron chi connectivity index (χ4n) is 1.24. The van der Waals surface area contributed by atoms with E-state index in [2.05, 4.69) is 26.1 Å². The maximum absolute atomic E-state index is 11.4. The van der Waals surface area contributed by atoms with Crippen molar-refractivity contribution in [3.63, 3.8) is 0 Å². The van der Waals surface area contributed by atoms with Gasteiger partial charge in [0.15, 0.2) is 0 Å². The molecule has 0 aromatic heterocycles. The highest BCUT2D eigenvalue weighted by Crippen LogP contribution is 2.21. The Labute approximate surface area is 93.8 Å². The lowest BCUT2D eigenvalue weighted by molar-refractivity contribution is -0.121. The zero-order valence-corrected chi connectivity index (χ0v) is 10.6. The predicted molar refractivity (Wildman–Crippen MR) is 64.5 cm³/mol. The van der Waals surface area contributed by atoms with Crippen LogP contribution in [0.4, 0.5) is 0 Å². The number of hydrogen-bond acceptors (Lipinski definition) is 2. The van der Waals surface area contributed by atoms with Crippen LogP contribution in [0.1, 0.15) is 47.0 Å². The summed E-state index contributed by atoms with van der Waals surface area (Å²) in [6, 6.07) is 0. The van der Waals surface area contributed by atoms with Crippen molar-refractivity contribution in [3.8, 4) is 0 Å². The van der Waals surface area contributed by atoms with Crippen LogP contribution < -0.4 is 11.1 Å². The van der Waals surface area contributed by atoms with E-state index in [1.807, 2.05) is 6.92 Å². The van der Waals surface area contributed by atoms with Crippen molar-refractivity contribution in [3.05, 3.63) is 0 Å². The fourth-order valence-corrected chi connectivity index (χ4v) is 1.24. The molecule has 0 aromatic rings. The van der Waals surface area contributed by atoms with E-state index in [-0.39, 0.29) is 5.91 Å². The first-order valence-electron chi connectivity index (χ1n) is 5.82. The van der Waals surface area contributed by atoms with Crippen molar-refractivity contribution in [1.82, 2.24) is 5.32 Å². The maximum atomic E-state index is 11.4.